The molecule has 1 heterocycles. The number of rotatable bonds is 8. The topological polar surface area (TPSA) is 79.3 Å². The van der Waals surface area contributed by atoms with Gasteiger partial charge in [-0.2, -0.15) is 0 Å². The first kappa shape index (κ1) is 20.2. The highest BCUT2D eigenvalue weighted by Gasteiger charge is 2.26. The monoisotopic (exact) mass is 364 g/mol. The van der Waals surface area contributed by atoms with Crippen LogP contribution >= 0.6 is 0 Å². The molecule has 0 aliphatic carbocycles. The van der Waals surface area contributed by atoms with Crippen molar-refractivity contribution in [1.82, 2.24) is 9.80 Å². The SMILES string of the molecule is COc1cccc(C(C)CC(=O)N2CCOC(CN(C)CC(=O)O)C2)c1. The quantitative estimate of drug-likeness (QED) is 0.752. The lowest BCUT2D eigenvalue weighted by Gasteiger charge is -2.35. The first-order valence-electron chi connectivity index (χ1n) is 8.82. The van der Waals surface area contributed by atoms with Crippen LogP contribution in [0, 0.1) is 0 Å². The van der Waals surface area contributed by atoms with Crippen LogP contribution in [0.4, 0.5) is 0 Å². The van der Waals surface area contributed by atoms with Crippen molar-refractivity contribution in [3.8, 4) is 5.75 Å². The molecule has 1 aromatic carbocycles. The number of hydrogen-bond donors (Lipinski definition) is 1. The Morgan fingerprint density at radius 3 is 2.92 bits per heavy atom. The molecule has 0 spiro atoms. The van der Waals surface area contributed by atoms with Crippen LogP contribution in [0.2, 0.25) is 0 Å². The first-order valence-corrected chi connectivity index (χ1v) is 8.82. The smallest absolute Gasteiger partial charge is 0.317 e. The third-order valence-electron chi connectivity index (χ3n) is 4.56. The minimum absolute atomic E-state index is 0.0410. The Kier molecular flexibility index (Phi) is 7.41. The number of methoxy groups -OCH3 is 1. The summed E-state index contributed by atoms with van der Waals surface area (Å²) in [6.07, 6.45) is 0.259. The van der Waals surface area contributed by atoms with Crippen LogP contribution in [0.25, 0.3) is 0 Å². The van der Waals surface area contributed by atoms with E-state index in [1.165, 1.54) is 0 Å². The number of amides is 1. The van der Waals surface area contributed by atoms with Gasteiger partial charge in [-0.3, -0.25) is 14.5 Å². The van der Waals surface area contributed by atoms with Crippen LogP contribution in [0.1, 0.15) is 24.8 Å². The molecular weight excluding hydrogens is 336 g/mol. The van der Waals surface area contributed by atoms with Crippen molar-refractivity contribution >= 4 is 11.9 Å². The summed E-state index contributed by atoms with van der Waals surface area (Å²) in [5.74, 6) is 0.0983. The number of carbonyl (C=O) groups excluding carboxylic acids is 1. The molecule has 1 aromatic rings. The zero-order chi connectivity index (χ0) is 19.1. The Labute approximate surface area is 154 Å². The minimum atomic E-state index is -0.872. The Balaban J connectivity index is 1.88. The average molecular weight is 364 g/mol. The molecular formula is C19H28N2O5. The molecule has 2 rings (SSSR count). The minimum Gasteiger partial charge on any atom is -0.497 e. The molecule has 1 aliphatic heterocycles. The van der Waals surface area contributed by atoms with Crippen molar-refractivity contribution in [3.05, 3.63) is 29.8 Å². The summed E-state index contributed by atoms with van der Waals surface area (Å²) in [4.78, 5) is 27.0. The summed E-state index contributed by atoms with van der Waals surface area (Å²) in [6, 6.07) is 7.78. The molecule has 0 bridgehead atoms. The van der Waals surface area contributed by atoms with Gasteiger partial charge in [0.2, 0.25) is 5.91 Å². The van der Waals surface area contributed by atoms with Crippen molar-refractivity contribution in [2.24, 2.45) is 0 Å². The van der Waals surface area contributed by atoms with Crippen LogP contribution in [0.15, 0.2) is 24.3 Å². The van der Waals surface area contributed by atoms with E-state index in [0.29, 0.717) is 32.7 Å². The molecule has 26 heavy (non-hydrogen) atoms. The van der Waals surface area contributed by atoms with Gasteiger partial charge in [-0.15, -0.1) is 0 Å². The third kappa shape index (κ3) is 6.00. The van der Waals surface area contributed by atoms with Crippen molar-refractivity contribution in [2.75, 3.05) is 46.9 Å². The highest BCUT2D eigenvalue weighted by molar-refractivity contribution is 5.77. The van der Waals surface area contributed by atoms with E-state index in [9.17, 15) is 9.59 Å². The van der Waals surface area contributed by atoms with Gasteiger partial charge in [-0.1, -0.05) is 19.1 Å². The Morgan fingerprint density at radius 2 is 2.23 bits per heavy atom. The lowest BCUT2D eigenvalue weighted by atomic mass is 9.97. The Bertz CT molecular complexity index is 622. The summed E-state index contributed by atoms with van der Waals surface area (Å²) < 4.78 is 10.9. The van der Waals surface area contributed by atoms with E-state index in [4.69, 9.17) is 14.6 Å². The van der Waals surface area contributed by atoms with Crippen molar-refractivity contribution in [3.63, 3.8) is 0 Å². The predicted octanol–water partition coefficient (Wildman–Crippen LogP) is 1.43. The number of carboxylic acids is 1. The number of hydrogen-bond acceptors (Lipinski definition) is 5. The Morgan fingerprint density at radius 1 is 1.46 bits per heavy atom. The zero-order valence-electron chi connectivity index (χ0n) is 15.7. The molecule has 0 radical (unpaired) electrons. The van der Waals surface area contributed by atoms with E-state index in [2.05, 4.69) is 0 Å². The molecule has 144 valence electrons. The predicted molar refractivity (Wildman–Crippen MR) is 97.5 cm³/mol. The van der Waals surface area contributed by atoms with E-state index in [1.807, 2.05) is 36.1 Å². The van der Waals surface area contributed by atoms with Crippen LogP contribution < -0.4 is 4.74 Å². The number of carboxylic acid groups (broad SMARTS) is 1. The lowest BCUT2D eigenvalue weighted by molar-refractivity contribution is -0.142. The third-order valence-corrected chi connectivity index (χ3v) is 4.56. The largest absolute Gasteiger partial charge is 0.497 e. The number of morpholine rings is 1. The molecule has 7 nitrogen and oxygen atoms in total. The highest BCUT2D eigenvalue weighted by atomic mass is 16.5. The lowest BCUT2D eigenvalue weighted by Crippen LogP contribution is -2.49. The summed E-state index contributed by atoms with van der Waals surface area (Å²) >= 11 is 0. The van der Waals surface area contributed by atoms with Gasteiger partial charge in [0, 0.05) is 26.1 Å². The second-order valence-electron chi connectivity index (χ2n) is 6.80. The summed E-state index contributed by atoms with van der Waals surface area (Å²) in [6.45, 7) is 4.02. The van der Waals surface area contributed by atoms with E-state index in [-0.39, 0.29) is 24.5 Å². The number of carbonyl (C=O) groups is 2. The van der Waals surface area contributed by atoms with Gasteiger partial charge in [0.05, 0.1) is 26.4 Å². The van der Waals surface area contributed by atoms with Crippen molar-refractivity contribution < 1.29 is 24.2 Å². The molecule has 1 N–H and O–H groups in total. The number of nitrogens with zero attached hydrogens (tertiary/aromatic N) is 2. The molecule has 0 aromatic heterocycles. The Hall–Kier alpha value is -2.12. The van der Waals surface area contributed by atoms with Gasteiger partial charge in [0.15, 0.2) is 0 Å². The van der Waals surface area contributed by atoms with Gasteiger partial charge < -0.3 is 19.5 Å². The van der Waals surface area contributed by atoms with E-state index in [0.717, 1.165) is 11.3 Å². The van der Waals surface area contributed by atoms with E-state index >= 15 is 0 Å². The fourth-order valence-corrected chi connectivity index (χ4v) is 3.16. The number of likely N-dealkylation sites (N-methyl/N-ethyl adjacent to an activating group) is 1. The summed E-state index contributed by atoms with van der Waals surface area (Å²) in [7, 11) is 3.37. The fourth-order valence-electron chi connectivity index (χ4n) is 3.16. The molecule has 2 unspecified atom stereocenters. The maximum Gasteiger partial charge on any atom is 0.317 e. The standard InChI is InChI=1S/C19H28N2O5/c1-14(15-5-4-6-16(10-15)25-3)9-18(22)21-7-8-26-17(12-21)11-20(2)13-19(23)24/h4-6,10,14,17H,7-9,11-13H2,1-3H3,(H,23,24). The molecule has 2 atom stereocenters. The van der Waals surface area contributed by atoms with Crippen LogP contribution in [0.3, 0.4) is 0 Å². The van der Waals surface area contributed by atoms with E-state index in [1.54, 1.807) is 19.1 Å². The summed E-state index contributed by atoms with van der Waals surface area (Å²) in [5.41, 5.74) is 1.07. The zero-order valence-corrected chi connectivity index (χ0v) is 15.7. The van der Waals surface area contributed by atoms with Crippen molar-refractivity contribution in [2.45, 2.75) is 25.4 Å². The van der Waals surface area contributed by atoms with Gasteiger partial charge in [0.1, 0.15) is 5.75 Å². The van der Waals surface area contributed by atoms with Crippen LogP contribution in [-0.2, 0) is 14.3 Å². The van der Waals surface area contributed by atoms with Crippen LogP contribution in [-0.4, -0.2) is 79.8 Å². The van der Waals surface area contributed by atoms with Crippen LogP contribution in [0.5, 0.6) is 5.75 Å². The molecule has 1 amide bonds. The van der Waals surface area contributed by atoms with Gasteiger partial charge in [0.25, 0.3) is 0 Å². The highest BCUT2D eigenvalue weighted by Crippen LogP contribution is 2.24. The van der Waals surface area contributed by atoms with Gasteiger partial charge in [-0.05, 0) is 30.7 Å². The first-order chi connectivity index (χ1) is 12.4. The fraction of sp³-hybridized carbons (Fsp3) is 0.579. The van der Waals surface area contributed by atoms with Crippen molar-refractivity contribution in [1.29, 1.82) is 0 Å². The summed E-state index contributed by atoms with van der Waals surface area (Å²) in [5, 5.41) is 8.84. The molecule has 7 heteroatoms. The number of ether oxygens (including phenoxy) is 2. The number of benzene rings is 1. The second kappa shape index (κ2) is 9.54. The van der Waals surface area contributed by atoms with E-state index < -0.39 is 5.97 Å². The van der Waals surface area contributed by atoms with Gasteiger partial charge in [-0.25, -0.2) is 0 Å². The normalized spacial score (nSPS) is 18.6. The molecule has 1 fully saturated rings. The maximum absolute atomic E-state index is 12.7. The number of aliphatic carboxylic acids is 1. The second-order valence-corrected chi connectivity index (χ2v) is 6.80. The molecule has 1 saturated heterocycles. The molecule has 1 aliphatic rings. The maximum atomic E-state index is 12.7. The average Bonchev–Trinajstić information content (AvgIpc) is 2.61. The van der Waals surface area contributed by atoms with Gasteiger partial charge >= 0.3 is 5.97 Å². The molecule has 0 saturated carbocycles.